The molecule has 1 unspecified atom stereocenters. The number of carbonyl (C=O) groups is 1. The number of hydrogen-bond donors (Lipinski definition) is 0. The topological polar surface area (TPSA) is 20.3 Å². The minimum Gasteiger partial charge on any atom is -0.339 e. The first-order chi connectivity index (χ1) is 6.16. The highest BCUT2D eigenvalue weighted by atomic mass is 79.9. The highest BCUT2D eigenvalue weighted by Crippen LogP contribution is 2.28. The molecule has 13 heavy (non-hydrogen) atoms. The SMILES string of the molecule is CCCCN(C(=O)C(C)Br)C1CC1. The van der Waals surface area contributed by atoms with E-state index in [0.29, 0.717) is 6.04 Å². The summed E-state index contributed by atoms with van der Waals surface area (Å²) in [6.07, 6.45) is 4.69. The fourth-order valence-corrected chi connectivity index (χ4v) is 1.68. The van der Waals surface area contributed by atoms with Gasteiger partial charge in [-0.3, -0.25) is 4.79 Å². The molecule has 0 aromatic carbocycles. The first kappa shape index (κ1) is 11.0. The van der Waals surface area contributed by atoms with Crippen molar-refractivity contribution in [3.8, 4) is 0 Å². The summed E-state index contributed by atoms with van der Waals surface area (Å²) < 4.78 is 0. The number of nitrogens with zero attached hydrogens (tertiary/aromatic N) is 1. The van der Waals surface area contributed by atoms with Crippen LogP contribution in [0.4, 0.5) is 0 Å². The van der Waals surface area contributed by atoms with Crippen molar-refractivity contribution in [1.82, 2.24) is 4.90 Å². The lowest BCUT2D eigenvalue weighted by Gasteiger charge is -2.23. The molecule has 3 heteroatoms. The summed E-state index contributed by atoms with van der Waals surface area (Å²) in [6, 6.07) is 0.555. The maximum absolute atomic E-state index is 11.7. The molecular formula is C10H18BrNO. The van der Waals surface area contributed by atoms with Crippen molar-refractivity contribution in [2.24, 2.45) is 0 Å². The average molecular weight is 248 g/mol. The Morgan fingerprint density at radius 2 is 2.23 bits per heavy atom. The van der Waals surface area contributed by atoms with Gasteiger partial charge in [0.2, 0.25) is 5.91 Å². The number of halogens is 1. The summed E-state index contributed by atoms with van der Waals surface area (Å²) in [5.41, 5.74) is 0. The van der Waals surface area contributed by atoms with Gasteiger partial charge in [-0.1, -0.05) is 29.3 Å². The molecule has 0 saturated heterocycles. The van der Waals surface area contributed by atoms with Gasteiger partial charge in [0.05, 0.1) is 4.83 Å². The van der Waals surface area contributed by atoms with Crippen LogP contribution in [0.3, 0.4) is 0 Å². The summed E-state index contributed by atoms with van der Waals surface area (Å²) in [5, 5.41) is 0. The van der Waals surface area contributed by atoms with Crippen molar-refractivity contribution in [1.29, 1.82) is 0 Å². The van der Waals surface area contributed by atoms with Crippen LogP contribution < -0.4 is 0 Å². The lowest BCUT2D eigenvalue weighted by molar-refractivity contribution is -0.130. The van der Waals surface area contributed by atoms with Crippen molar-refractivity contribution in [2.45, 2.75) is 50.4 Å². The number of hydrogen-bond acceptors (Lipinski definition) is 1. The van der Waals surface area contributed by atoms with Gasteiger partial charge in [0.25, 0.3) is 0 Å². The molecular weight excluding hydrogens is 230 g/mol. The Hall–Kier alpha value is -0.0500. The van der Waals surface area contributed by atoms with Crippen LogP contribution in [0.2, 0.25) is 0 Å². The third-order valence-electron chi connectivity index (χ3n) is 2.36. The van der Waals surface area contributed by atoms with Gasteiger partial charge in [0.15, 0.2) is 0 Å². The van der Waals surface area contributed by atoms with E-state index in [1.165, 1.54) is 12.8 Å². The number of carbonyl (C=O) groups excluding carboxylic acids is 1. The minimum atomic E-state index is -0.0232. The van der Waals surface area contributed by atoms with E-state index < -0.39 is 0 Å². The maximum atomic E-state index is 11.7. The summed E-state index contributed by atoms with van der Waals surface area (Å²) in [4.78, 5) is 13.7. The highest BCUT2D eigenvalue weighted by Gasteiger charge is 2.33. The summed E-state index contributed by atoms with van der Waals surface area (Å²) in [6.45, 7) is 5.01. The normalized spacial score (nSPS) is 18.4. The van der Waals surface area contributed by atoms with Crippen molar-refractivity contribution >= 4 is 21.8 Å². The van der Waals surface area contributed by atoms with Gasteiger partial charge >= 0.3 is 0 Å². The molecule has 0 aliphatic heterocycles. The lowest BCUT2D eigenvalue weighted by atomic mass is 10.3. The smallest absolute Gasteiger partial charge is 0.236 e. The molecule has 1 aliphatic rings. The molecule has 76 valence electrons. The lowest BCUT2D eigenvalue weighted by Crippen LogP contribution is -2.38. The molecule has 0 radical (unpaired) electrons. The molecule has 1 fully saturated rings. The van der Waals surface area contributed by atoms with E-state index in [1.54, 1.807) is 0 Å². The number of amides is 1. The third-order valence-corrected chi connectivity index (χ3v) is 2.76. The monoisotopic (exact) mass is 247 g/mol. The number of alkyl halides is 1. The molecule has 0 aromatic heterocycles. The molecule has 0 spiro atoms. The Kier molecular flexibility index (Phi) is 4.23. The molecule has 0 heterocycles. The zero-order valence-electron chi connectivity index (χ0n) is 8.42. The number of rotatable bonds is 5. The Balaban J connectivity index is 2.41. The second-order valence-corrected chi connectivity index (χ2v) is 5.11. The first-order valence-corrected chi connectivity index (χ1v) is 6.03. The molecule has 1 aliphatic carbocycles. The fraction of sp³-hybridized carbons (Fsp3) is 0.900. The van der Waals surface area contributed by atoms with E-state index in [2.05, 4.69) is 22.9 Å². The Morgan fingerprint density at radius 1 is 1.62 bits per heavy atom. The van der Waals surface area contributed by atoms with Gasteiger partial charge in [-0.25, -0.2) is 0 Å². The van der Waals surface area contributed by atoms with Crippen LogP contribution in [0.1, 0.15) is 39.5 Å². The van der Waals surface area contributed by atoms with Crippen LogP contribution in [-0.4, -0.2) is 28.2 Å². The van der Waals surface area contributed by atoms with Gasteiger partial charge in [-0.15, -0.1) is 0 Å². The third kappa shape index (κ3) is 3.29. The molecule has 1 atom stereocenters. The molecule has 0 bridgehead atoms. The summed E-state index contributed by atoms with van der Waals surface area (Å²) >= 11 is 3.34. The van der Waals surface area contributed by atoms with Gasteiger partial charge in [-0.2, -0.15) is 0 Å². The summed E-state index contributed by atoms with van der Waals surface area (Å²) in [5.74, 6) is 0.260. The van der Waals surface area contributed by atoms with Crippen LogP contribution in [-0.2, 0) is 4.79 Å². The van der Waals surface area contributed by atoms with Gasteiger partial charge < -0.3 is 4.90 Å². The van der Waals surface area contributed by atoms with Gasteiger partial charge in [0.1, 0.15) is 0 Å². The Labute approximate surface area is 88.8 Å². The quantitative estimate of drug-likeness (QED) is 0.685. The molecule has 1 amide bonds. The van der Waals surface area contributed by atoms with E-state index in [1.807, 2.05) is 11.8 Å². The fourth-order valence-electron chi connectivity index (χ4n) is 1.42. The van der Waals surface area contributed by atoms with E-state index >= 15 is 0 Å². The van der Waals surface area contributed by atoms with E-state index in [-0.39, 0.29) is 10.7 Å². The van der Waals surface area contributed by atoms with Crippen LogP contribution in [0, 0.1) is 0 Å². The first-order valence-electron chi connectivity index (χ1n) is 5.11. The predicted molar refractivity (Wildman–Crippen MR) is 58.0 cm³/mol. The largest absolute Gasteiger partial charge is 0.339 e. The van der Waals surface area contributed by atoms with Crippen molar-refractivity contribution in [3.05, 3.63) is 0 Å². The van der Waals surface area contributed by atoms with Crippen molar-refractivity contribution < 1.29 is 4.79 Å². The van der Waals surface area contributed by atoms with Crippen LogP contribution >= 0.6 is 15.9 Å². The molecule has 1 rings (SSSR count). The van der Waals surface area contributed by atoms with Gasteiger partial charge in [-0.05, 0) is 26.2 Å². The predicted octanol–water partition coefficient (Wildman–Crippen LogP) is 2.56. The van der Waals surface area contributed by atoms with Crippen LogP contribution in [0.15, 0.2) is 0 Å². The van der Waals surface area contributed by atoms with E-state index in [0.717, 1.165) is 19.4 Å². The minimum absolute atomic E-state index is 0.0232. The van der Waals surface area contributed by atoms with Crippen LogP contribution in [0.25, 0.3) is 0 Å². The highest BCUT2D eigenvalue weighted by molar-refractivity contribution is 9.10. The Bertz CT molecular complexity index is 178. The second-order valence-electron chi connectivity index (χ2n) is 3.73. The van der Waals surface area contributed by atoms with E-state index in [4.69, 9.17) is 0 Å². The van der Waals surface area contributed by atoms with Crippen LogP contribution in [0.5, 0.6) is 0 Å². The second kappa shape index (κ2) is 4.99. The van der Waals surface area contributed by atoms with Crippen molar-refractivity contribution in [3.63, 3.8) is 0 Å². The molecule has 0 aromatic rings. The molecule has 1 saturated carbocycles. The number of unbranched alkanes of at least 4 members (excludes halogenated alkanes) is 1. The summed E-state index contributed by atoms with van der Waals surface area (Å²) in [7, 11) is 0. The van der Waals surface area contributed by atoms with E-state index in [9.17, 15) is 4.79 Å². The Morgan fingerprint density at radius 3 is 2.62 bits per heavy atom. The zero-order valence-corrected chi connectivity index (χ0v) is 10.0. The average Bonchev–Trinajstić information content (AvgIpc) is 2.88. The maximum Gasteiger partial charge on any atom is 0.236 e. The molecule has 2 nitrogen and oxygen atoms in total. The van der Waals surface area contributed by atoms with Crippen molar-refractivity contribution in [2.75, 3.05) is 6.54 Å². The standard InChI is InChI=1S/C10H18BrNO/c1-3-4-7-12(9-5-6-9)10(13)8(2)11/h8-9H,3-7H2,1-2H3. The molecule has 0 N–H and O–H groups in total. The van der Waals surface area contributed by atoms with Gasteiger partial charge in [0, 0.05) is 12.6 Å². The zero-order chi connectivity index (χ0) is 9.84.